The van der Waals surface area contributed by atoms with Gasteiger partial charge in [0.2, 0.25) is 5.88 Å². The second kappa shape index (κ2) is 14.1. The Balaban J connectivity index is 0.000000231. The van der Waals surface area contributed by atoms with Crippen LogP contribution in [0.3, 0.4) is 0 Å². The van der Waals surface area contributed by atoms with Crippen LogP contribution in [0.25, 0.3) is 0 Å². The van der Waals surface area contributed by atoms with Gasteiger partial charge in [0, 0.05) is 12.1 Å². The van der Waals surface area contributed by atoms with Crippen LogP contribution in [0.15, 0.2) is 30.6 Å². The van der Waals surface area contributed by atoms with Crippen LogP contribution in [0.5, 0.6) is 40.5 Å². The summed E-state index contributed by atoms with van der Waals surface area (Å²) in [6.45, 7) is 11.6. The molecule has 0 saturated carbocycles. The van der Waals surface area contributed by atoms with Crippen LogP contribution in [-0.2, 0) is 0 Å². The molecular weight excluding hydrogens is 540 g/mol. The van der Waals surface area contributed by atoms with Crippen molar-refractivity contribution in [2.24, 2.45) is 0 Å². The Morgan fingerprint density at radius 2 is 1.12 bits per heavy atom. The van der Waals surface area contributed by atoms with Gasteiger partial charge in [-0.05, 0) is 31.7 Å². The normalized spacial score (nSPS) is 10.6. The predicted octanol–water partition coefficient (Wildman–Crippen LogP) is 5.38. The molecule has 4 aromatic rings. The molecule has 0 aliphatic carbocycles. The molecule has 0 fully saturated rings. The summed E-state index contributed by atoms with van der Waals surface area (Å²) < 4.78 is 27.3. The third-order valence-electron chi connectivity index (χ3n) is 5.77. The third-order valence-corrected chi connectivity index (χ3v) is 5.77. The van der Waals surface area contributed by atoms with Gasteiger partial charge in [0.15, 0.2) is 34.6 Å². The van der Waals surface area contributed by atoms with E-state index in [2.05, 4.69) is 29.9 Å². The minimum atomic E-state index is 0.127. The number of methoxy groups -OCH3 is 3. The van der Waals surface area contributed by atoms with Crippen LogP contribution in [0.2, 0.25) is 0 Å². The van der Waals surface area contributed by atoms with Crippen molar-refractivity contribution in [2.75, 3.05) is 32.8 Å². The maximum absolute atomic E-state index is 5.87. The zero-order chi connectivity index (χ0) is 31.0. The smallest absolute Gasteiger partial charge is 0.257 e. The average Bonchev–Trinajstić information content (AvgIpc) is 2.95. The summed E-state index contributed by atoms with van der Waals surface area (Å²) in [6, 6.07) is 5.27. The van der Waals surface area contributed by atoms with Crippen molar-refractivity contribution in [1.29, 1.82) is 0 Å². The van der Waals surface area contributed by atoms with Gasteiger partial charge in [0.1, 0.15) is 17.4 Å². The van der Waals surface area contributed by atoms with E-state index < -0.39 is 0 Å². The van der Waals surface area contributed by atoms with Gasteiger partial charge < -0.3 is 35.2 Å². The molecule has 4 rings (SSSR count). The lowest BCUT2D eigenvalue weighted by Gasteiger charge is -2.16. The molecular formula is C29H38N8O5. The molecule has 0 saturated heterocycles. The van der Waals surface area contributed by atoms with Gasteiger partial charge in [-0.2, -0.15) is 0 Å². The predicted molar refractivity (Wildman–Crippen MR) is 159 cm³/mol. The first-order valence-electron chi connectivity index (χ1n) is 13.2. The molecule has 0 aromatic carbocycles. The highest BCUT2D eigenvalue weighted by atomic mass is 16.5. The van der Waals surface area contributed by atoms with Gasteiger partial charge in [-0.1, -0.05) is 27.7 Å². The first kappa shape index (κ1) is 31.6. The monoisotopic (exact) mass is 578 g/mol. The van der Waals surface area contributed by atoms with E-state index in [0.29, 0.717) is 58.0 Å². The van der Waals surface area contributed by atoms with Crippen molar-refractivity contribution in [3.05, 3.63) is 53.6 Å². The molecule has 224 valence electrons. The zero-order valence-corrected chi connectivity index (χ0v) is 25.4. The Morgan fingerprint density at radius 3 is 1.57 bits per heavy atom. The molecule has 4 heterocycles. The Hall–Kier alpha value is -4.94. The van der Waals surface area contributed by atoms with Gasteiger partial charge in [0.25, 0.3) is 5.88 Å². The summed E-state index contributed by atoms with van der Waals surface area (Å²) in [5.41, 5.74) is 13.2. The zero-order valence-electron chi connectivity index (χ0n) is 25.4. The van der Waals surface area contributed by atoms with Crippen molar-refractivity contribution in [3.63, 3.8) is 0 Å². The molecule has 13 heteroatoms. The van der Waals surface area contributed by atoms with E-state index in [1.165, 1.54) is 0 Å². The maximum Gasteiger partial charge on any atom is 0.257 e. The van der Waals surface area contributed by atoms with Gasteiger partial charge in [-0.25, -0.2) is 29.9 Å². The van der Waals surface area contributed by atoms with Crippen LogP contribution < -0.4 is 35.2 Å². The van der Waals surface area contributed by atoms with Gasteiger partial charge in [-0.3, -0.25) is 0 Å². The second-order valence-corrected chi connectivity index (χ2v) is 9.67. The summed E-state index contributed by atoms with van der Waals surface area (Å²) >= 11 is 0. The van der Waals surface area contributed by atoms with E-state index in [4.69, 9.17) is 35.2 Å². The molecule has 42 heavy (non-hydrogen) atoms. The Kier molecular flexibility index (Phi) is 10.6. The molecule has 0 bridgehead atoms. The lowest BCUT2D eigenvalue weighted by Crippen LogP contribution is -2.04. The Bertz CT molecular complexity index is 1510. The van der Waals surface area contributed by atoms with Crippen LogP contribution in [0, 0.1) is 13.8 Å². The third kappa shape index (κ3) is 7.83. The molecule has 0 spiro atoms. The number of hydrogen-bond acceptors (Lipinski definition) is 13. The van der Waals surface area contributed by atoms with Crippen LogP contribution >= 0.6 is 0 Å². The molecule has 0 aliphatic heterocycles. The van der Waals surface area contributed by atoms with E-state index in [0.717, 1.165) is 11.4 Å². The summed E-state index contributed by atoms with van der Waals surface area (Å²) in [4.78, 5) is 25.2. The fourth-order valence-electron chi connectivity index (χ4n) is 3.67. The molecule has 4 N–H and O–H groups in total. The van der Waals surface area contributed by atoms with E-state index in [1.54, 1.807) is 65.8 Å². The van der Waals surface area contributed by atoms with Crippen LogP contribution in [0.4, 0.5) is 11.6 Å². The lowest BCUT2D eigenvalue weighted by atomic mass is 10.1. The molecule has 0 unspecified atom stereocenters. The second-order valence-electron chi connectivity index (χ2n) is 9.67. The van der Waals surface area contributed by atoms with Crippen molar-refractivity contribution in [1.82, 2.24) is 29.9 Å². The summed E-state index contributed by atoms with van der Waals surface area (Å²) in [5, 5.41) is 0. The number of pyridine rings is 2. The van der Waals surface area contributed by atoms with Crippen LogP contribution in [-0.4, -0.2) is 51.2 Å². The number of aryl methyl sites for hydroxylation is 2. The minimum Gasteiger partial charge on any atom is -0.491 e. The number of rotatable bonds is 9. The SMILES string of the molecule is COc1cc(Oc2cnc(C)nc2N)c(C(C)C)nc1OC.COc1ccc(Oc2cnc(C)nc2N)c(C(C)C)n1. The van der Waals surface area contributed by atoms with Crippen molar-refractivity contribution >= 4 is 11.6 Å². The van der Waals surface area contributed by atoms with Crippen molar-refractivity contribution < 1.29 is 23.7 Å². The van der Waals surface area contributed by atoms with Crippen LogP contribution in [0.1, 0.15) is 62.6 Å². The molecule has 0 radical (unpaired) electrons. The molecule has 13 nitrogen and oxygen atoms in total. The molecule has 4 aromatic heterocycles. The molecule has 0 atom stereocenters. The number of ether oxygens (including phenoxy) is 5. The highest BCUT2D eigenvalue weighted by Gasteiger charge is 2.19. The first-order chi connectivity index (χ1) is 20.0. The number of nitrogens with zero attached hydrogens (tertiary/aromatic N) is 6. The van der Waals surface area contributed by atoms with Crippen molar-refractivity contribution in [3.8, 4) is 40.5 Å². The summed E-state index contributed by atoms with van der Waals surface area (Å²) in [5.74, 6) is 5.48. The summed E-state index contributed by atoms with van der Waals surface area (Å²) in [6.07, 6.45) is 3.10. The minimum absolute atomic E-state index is 0.127. The Morgan fingerprint density at radius 1 is 0.595 bits per heavy atom. The highest BCUT2D eigenvalue weighted by Crippen LogP contribution is 2.38. The lowest BCUT2D eigenvalue weighted by molar-refractivity contribution is 0.336. The van der Waals surface area contributed by atoms with Gasteiger partial charge >= 0.3 is 0 Å². The topological polar surface area (TPSA) is 176 Å². The largest absolute Gasteiger partial charge is 0.491 e. The Labute approximate surface area is 245 Å². The number of nitrogen functional groups attached to an aromatic ring is 2. The fourth-order valence-corrected chi connectivity index (χ4v) is 3.67. The number of aromatic nitrogens is 6. The maximum atomic E-state index is 5.87. The van der Waals surface area contributed by atoms with E-state index in [1.807, 2.05) is 27.7 Å². The van der Waals surface area contributed by atoms with Gasteiger partial charge in [0.05, 0.1) is 45.1 Å². The standard InChI is InChI=1S/C15H20N4O3.C14H18N4O2/c1-8(2)13-10(6-11(20-4)15(19-13)21-5)22-12-7-17-9(3)18-14(12)16;1-8(2)13-10(5-6-12(18-13)19-4)20-11-7-16-9(3)17-14(11)15/h6-8H,1-5H3,(H2,16,17,18);5-8H,1-4H3,(H2,15,16,17). The molecule has 0 aliphatic rings. The first-order valence-corrected chi connectivity index (χ1v) is 13.2. The van der Waals surface area contributed by atoms with Gasteiger partial charge in [-0.15, -0.1) is 0 Å². The average molecular weight is 579 g/mol. The van der Waals surface area contributed by atoms with Crippen molar-refractivity contribution in [2.45, 2.75) is 53.4 Å². The quantitative estimate of drug-likeness (QED) is 0.259. The number of nitrogens with two attached hydrogens (primary N) is 2. The van der Waals surface area contributed by atoms with E-state index in [9.17, 15) is 0 Å². The highest BCUT2D eigenvalue weighted by molar-refractivity contribution is 5.51. The molecule has 0 amide bonds. The number of anilines is 2. The van der Waals surface area contributed by atoms with E-state index in [-0.39, 0.29) is 17.7 Å². The number of hydrogen-bond donors (Lipinski definition) is 2. The van der Waals surface area contributed by atoms with E-state index >= 15 is 0 Å². The summed E-state index contributed by atoms with van der Waals surface area (Å²) in [7, 11) is 4.67. The fraction of sp³-hybridized carbons (Fsp3) is 0.379.